The molecule has 2 amide bonds. The molecule has 1 aliphatic carbocycles. The minimum Gasteiger partial charge on any atom is -0.490 e. The number of piperazine rings is 1. The molecule has 1 saturated heterocycles. The van der Waals surface area contributed by atoms with Crippen LogP contribution in [0.4, 0.5) is 17.6 Å². The van der Waals surface area contributed by atoms with Gasteiger partial charge in [-0.2, -0.15) is 8.78 Å². The Labute approximate surface area is 294 Å². The predicted octanol–water partition coefficient (Wildman–Crippen LogP) is 5.36. The number of oxazole rings is 1. The van der Waals surface area contributed by atoms with Gasteiger partial charge in [0.2, 0.25) is 11.8 Å². The minimum absolute atomic E-state index is 0.00302. The topological polar surface area (TPSA) is 143 Å². The van der Waals surface area contributed by atoms with Crippen molar-refractivity contribution >= 4 is 34.4 Å². The maximum Gasteiger partial charge on any atom is 0.387 e. The molecule has 1 saturated carbocycles. The summed E-state index contributed by atoms with van der Waals surface area (Å²) in [6.45, 7) is 0.572. The summed E-state index contributed by atoms with van der Waals surface area (Å²) in [6.07, 6.45) is 3.27. The molecule has 5 rings (SSSR count). The van der Waals surface area contributed by atoms with Gasteiger partial charge in [-0.15, -0.1) is 0 Å². The molecule has 1 unspecified atom stereocenters. The molecule has 2 heterocycles. The Balaban J connectivity index is 1.18. The maximum atomic E-state index is 14.1. The summed E-state index contributed by atoms with van der Waals surface area (Å²) in [5, 5.41) is 13.3. The molecule has 16 heteroatoms. The molecule has 2 aliphatic rings. The highest BCUT2D eigenvalue weighted by Gasteiger charge is 2.47. The fraction of sp³-hybridized carbons (Fsp3) is 0.485. The summed E-state index contributed by atoms with van der Waals surface area (Å²) in [5.74, 6) is -2.30. The number of hydrogen-bond donors (Lipinski definition) is 3. The Kier molecular flexibility index (Phi) is 12.0. The number of carbonyl (C=O) groups is 2. The van der Waals surface area contributed by atoms with Gasteiger partial charge in [0.1, 0.15) is 11.6 Å². The molecule has 1 aliphatic heterocycles. The van der Waals surface area contributed by atoms with Gasteiger partial charge >= 0.3 is 6.61 Å². The molecule has 2 aromatic carbocycles. The van der Waals surface area contributed by atoms with Gasteiger partial charge < -0.3 is 34.9 Å². The van der Waals surface area contributed by atoms with Gasteiger partial charge in [-0.05, 0) is 79.5 Å². The van der Waals surface area contributed by atoms with E-state index in [9.17, 15) is 32.3 Å². The van der Waals surface area contributed by atoms with Crippen LogP contribution in [0.25, 0.3) is 11.5 Å². The second-order valence-corrected chi connectivity index (χ2v) is 13.7. The van der Waals surface area contributed by atoms with Gasteiger partial charge in [0, 0.05) is 62.3 Å². The van der Waals surface area contributed by atoms with Crippen LogP contribution in [0, 0.1) is 17.6 Å². The molecule has 49 heavy (non-hydrogen) atoms. The van der Waals surface area contributed by atoms with Crippen molar-refractivity contribution < 1.29 is 46.1 Å². The number of amides is 2. The molecule has 2 fully saturated rings. The first-order valence-electron chi connectivity index (χ1n) is 16.0. The number of aromatic nitrogens is 1. The molecule has 3 aromatic rings. The molecule has 2 atom stereocenters. The van der Waals surface area contributed by atoms with Gasteiger partial charge in [-0.25, -0.2) is 13.8 Å². The smallest absolute Gasteiger partial charge is 0.387 e. The van der Waals surface area contributed by atoms with E-state index in [1.165, 1.54) is 24.3 Å². The Hall–Kier alpha value is -3.48. The second kappa shape index (κ2) is 16.0. The second-order valence-electron chi connectivity index (χ2n) is 12.1. The summed E-state index contributed by atoms with van der Waals surface area (Å²) >= 11 is 2.10. The normalized spacial score (nSPS) is 17.1. The Morgan fingerprint density at radius 2 is 1.86 bits per heavy atom. The largest absolute Gasteiger partial charge is 0.490 e. The van der Waals surface area contributed by atoms with Crippen molar-refractivity contribution in [1.82, 2.24) is 20.1 Å². The van der Waals surface area contributed by atoms with Crippen LogP contribution in [0.2, 0.25) is 0 Å². The molecule has 0 radical (unpaired) electrons. The fourth-order valence-electron chi connectivity index (χ4n) is 5.50. The van der Waals surface area contributed by atoms with Crippen molar-refractivity contribution in [3.05, 3.63) is 65.1 Å². The number of nitrogens with two attached hydrogens (primary N) is 1. The van der Waals surface area contributed by atoms with Gasteiger partial charge in [-0.1, -0.05) is 6.07 Å². The first kappa shape index (κ1) is 36.8. The van der Waals surface area contributed by atoms with E-state index in [-0.39, 0.29) is 71.4 Å². The first-order chi connectivity index (χ1) is 23.3. The van der Waals surface area contributed by atoms with E-state index in [4.69, 9.17) is 14.9 Å². The quantitative estimate of drug-likeness (QED) is 0.0609. The highest BCUT2D eigenvalue weighted by Crippen LogP contribution is 2.46. The van der Waals surface area contributed by atoms with Gasteiger partial charge in [0.05, 0.1) is 12.6 Å². The van der Waals surface area contributed by atoms with Crippen LogP contribution in [0.15, 0.2) is 40.8 Å². The van der Waals surface area contributed by atoms with Crippen molar-refractivity contribution in [2.75, 3.05) is 32.8 Å². The van der Waals surface area contributed by atoms with E-state index in [0.29, 0.717) is 45.1 Å². The number of benzene rings is 2. The average Bonchev–Trinajstić information content (AvgIpc) is 3.83. The number of halogens is 5. The van der Waals surface area contributed by atoms with E-state index >= 15 is 0 Å². The van der Waals surface area contributed by atoms with Crippen LogP contribution in [0.1, 0.15) is 66.9 Å². The average molecular weight is 804 g/mol. The Morgan fingerprint density at radius 1 is 1.12 bits per heavy atom. The number of rotatable bonds is 15. The lowest BCUT2D eigenvalue weighted by molar-refractivity contribution is -0.136. The number of nitrogens with zero attached hydrogens (tertiary/aromatic N) is 3. The summed E-state index contributed by atoms with van der Waals surface area (Å²) in [7, 11) is 0. The molecular formula is C33H38F4IN5O6. The van der Waals surface area contributed by atoms with E-state index in [2.05, 4.69) is 37.6 Å². The predicted molar refractivity (Wildman–Crippen MR) is 178 cm³/mol. The zero-order valence-corrected chi connectivity index (χ0v) is 28.9. The SMILES string of the molecule is C[C@H](N)c1oc(-c2ccc(OC(F)F)c(OCCCCC(=O)N3CCN(C(O)(I)C4CC4)CC3)c2)nc1C(=O)NCc1ccc(F)cc1F. The molecule has 266 valence electrons. The lowest BCUT2D eigenvalue weighted by atomic mass is 10.2. The molecule has 1 aromatic heterocycles. The summed E-state index contributed by atoms with van der Waals surface area (Å²) in [5.41, 5.74) is 6.18. The van der Waals surface area contributed by atoms with Gasteiger partial charge in [0.15, 0.2) is 26.7 Å². The summed E-state index contributed by atoms with van der Waals surface area (Å²) in [6, 6.07) is 6.24. The maximum absolute atomic E-state index is 14.1. The molecule has 4 N–H and O–H groups in total. The molecule has 0 spiro atoms. The zero-order chi connectivity index (χ0) is 35.3. The number of nitrogens with one attached hydrogen (secondary N) is 1. The van der Waals surface area contributed by atoms with Gasteiger partial charge in [0.25, 0.3) is 5.91 Å². The third kappa shape index (κ3) is 9.40. The zero-order valence-electron chi connectivity index (χ0n) is 26.8. The van der Waals surface area contributed by atoms with E-state index in [0.717, 1.165) is 18.9 Å². The molecule has 11 nitrogen and oxygen atoms in total. The number of ether oxygens (including phenoxy) is 2. The number of unbranched alkanes of at least 4 members (excludes halogenated alkanes) is 1. The van der Waals surface area contributed by atoms with E-state index in [1.807, 2.05) is 4.90 Å². The molecular weight excluding hydrogens is 765 g/mol. The number of alkyl halides is 3. The van der Waals surface area contributed by atoms with Crippen LogP contribution in [0.3, 0.4) is 0 Å². The highest BCUT2D eigenvalue weighted by atomic mass is 127. The van der Waals surface area contributed by atoms with Crippen molar-refractivity contribution in [3.63, 3.8) is 0 Å². The third-order valence-electron chi connectivity index (χ3n) is 8.36. The number of carbonyl (C=O) groups excluding carboxylic acids is 2. The van der Waals surface area contributed by atoms with Crippen LogP contribution in [-0.4, -0.2) is 74.8 Å². The lowest BCUT2D eigenvalue weighted by Gasteiger charge is -2.42. The Bertz CT molecular complexity index is 1630. The van der Waals surface area contributed by atoms with Crippen LogP contribution in [0.5, 0.6) is 11.5 Å². The van der Waals surface area contributed by atoms with Crippen molar-refractivity contribution in [3.8, 4) is 23.0 Å². The minimum atomic E-state index is -3.12. The van der Waals surface area contributed by atoms with Crippen LogP contribution >= 0.6 is 22.6 Å². The first-order valence-corrected chi connectivity index (χ1v) is 17.1. The van der Waals surface area contributed by atoms with Crippen LogP contribution in [-0.2, 0) is 11.3 Å². The molecule has 0 bridgehead atoms. The van der Waals surface area contributed by atoms with Crippen molar-refractivity contribution in [1.29, 1.82) is 0 Å². The highest BCUT2D eigenvalue weighted by molar-refractivity contribution is 14.1. The van der Waals surface area contributed by atoms with Crippen molar-refractivity contribution in [2.45, 2.75) is 62.0 Å². The van der Waals surface area contributed by atoms with Gasteiger partial charge in [-0.3, -0.25) is 14.5 Å². The summed E-state index contributed by atoms with van der Waals surface area (Å²) in [4.78, 5) is 33.9. The van der Waals surface area contributed by atoms with Crippen molar-refractivity contribution in [2.24, 2.45) is 11.7 Å². The van der Waals surface area contributed by atoms with E-state index < -0.39 is 33.9 Å². The van der Waals surface area contributed by atoms with E-state index in [1.54, 1.807) is 11.8 Å². The number of aliphatic hydroxyl groups is 1. The fourth-order valence-corrected chi connectivity index (χ4v) is 6.60. The number of hydrogen-bond acceptors (Lipinski definition) is 9. The third-order valence-corrected chi connectivity index (χ3v) is 9.92. The lowest BCUT2D eigenvalue weighted by Crippen LogP contribution is -2.56. The monoisotopic (exact) mass is 803 g/mol. The standard InChI is InChI=1S/C33H38F4IN5O6/c1-19(39)29-28(30(45)40-18-21-5-9-23(34)17-24(21)35)41-31(49-29)20-6-10-25(48-32(36)37)26(16-20)47-15-3-2-4-27(44)42-11-13-43(14-12-42)33(38,46)22-7-8-22/h5-6,9-10,16-17,19,22,32,46H,2-4,7-8,11-15,18,39H2,1H3,(H,40,45)/t19-,33?/m0/s1. The van der Waals surface area contributed by atoms with Crippen LogP contribution < -0.4 is 20.5 Å². The summed E-state index contributed by atoms with van der Waals surface area (Å²) < 4.78 is 69.0. The Morgan fingerprint density at radius 3 is 2.51 bits per heavy atom.